The lowest BCUT2D eigenvalue weighted by atomic mass is 10.4. The molecule has 0 spiro atoms. The van der Waals surface area contributed by atoms with Crippen LogP contribution < -0.4 is 5.23 Å². The van der Waals surface area contributed by atoms with Crippen molar-refractivity contribution in [3.05, 3.63) is 5.21 Å². The molecule has 50 valence electrons. The Kier molecular flexibility index (Phi) is 2.84. The highest BCUT2D eigenvalue weighted by atomic mass is 31.0. The number of nitrogens with one attached hydrogen (secondary N) is 1. The third-order valence-electron chi connectivity index (χ3n) is 0.711. The summed E-state index contributed by atoms with van der Waals surface area (Å²) in [5.74, 6) is 0. The Balaban J connectivity index is 3.62. The molecule has 0 aromatic carbocycles. The van der Waals surface area contributed by atoms with Crippen LogP contribution in [0.2, 0.25) is 0 Å². The van der Waals surface area contributed by atoms with Crippen molar-refractivity contribution in [2.24, 2.45) is 0 Å². The first-order chi connectivity index (χ1) is 3.48. The summed E-state index contributed by atoms with van der Waals surface area (Å²) in [6.07, 6.45) is 0. The van der Waals surface area contributed by atoms with E-state index in [1.165, 1.54) is 7.11 Å². The normalized spacial score (nSPS) is 16.1. The van der Waals surface area contributed by atoms with Crippen LogP contribution in [0.3, 0.4) is 0 Å². The van der Waals surface area contributed by atoms with E-state index >= 15 is 0 Å². The largest absolute Gasteiger partial charge is 0.599 e. The van der Waals surface area contributed by atoms with Crippen molar-refractivity contribution < 1.29 is 10.1 Å². The van der Waals surface area contributed by atoms with E-state index in [2.05, 4.69) is 14.1 Å². The second-order valence-electron chi connectivity index (χ2n) is 2.21. The predicted molar refractivity (Wildman–Crippen MR) is 35.1 cm³/mol. The van der Waals surface area contributed by atoms with Crippen LogP contribution in [0, 0.1) is 5.21 Å². The van der Waals surface area contributed by atoms with Crippen LogP contribution in [-0.2, 0) is 4.84 Å². The van der Waals surface area contributed by atoms with Gasteiger partial charge in [-0.25, -0.2) is 10.1 Å². The van der Waals surface area contributed by atoms with Gasteiger partial charge in [-0.15, -0.1) is 0 Å². The van der Waals surface area contributed by atoms with Crippen molar-refractivity contribution in [2.75, 3.05) is 7.11 Å². The van der Waals surface area contributed by atoms with Crippen molar-refractivity contribution >= 4 is 9.24 Å². The van der Waals surface area contributed by atoms with E-state index in [0.717, 1.165) is 0 Å². The third kappa shape index (κ3) is 2.58. The SMILES string of the molecule is CO[NH+]([O-])C(C)(C)P. The molecule has 0 aromatic heterocycles. The maximum atomic E-state index is 10.6. The Bertz CT molecular complexity index is 70.9. The second kappa shape index (κ2) is 2.74. The van der Waals surface area contributed by atoms with Gasteiger partial charge in [0.15, 0.2) is 0 Å². The van der Waals surface area contributed by atoms with Crippen LogP contribution in [0.4, 0.5) is 0 Å². The maximum Gasteiger partial charge on any atom is 0.133 e. The third-order valence-corrected chi connectivity index (χ3v) is 0.947. The summed E-state index contributed by atoms with van der Waals surface area (Å²) in [5, 5.41) is 9.95. The van der Waals surface area contributed by atoms with Crippen molar-refractivity contribution in [3.63, 3.8) is 0 Å². The Labute approximate surface area is 51.7 Å². The molecule has 0 aliphatic heterocycles. The van der Waals surface area contributed by atoms with Gasteiger partial charge in [0, 0.05) is 0 Å². The van der Waals surface area contributed by atoms with E-state index in [1.54, 1.807) is 13.8 Å². The minimum atomic E-state index is -0.436. The molecule has 0 saturated heterocycles. The standard InChI is InChI=1S/C4H12NO2P/c1-4(2,8)5(6)7-3/h5H,8H2,1-3H3. The number of hydroxylamine groups is 2. The number of rotatable bonds is 2. The molecule has 2 atom stereocenters. The van der Waals surface area contributed by atoms with Gasteiger partial charge in [0.2, 0.25) is 0 Å². The fourth-order valence-corrected chi connectivity index (χ4v) is 0.381. The molecule has 4 heteroatoms. The molecule has 0 fully saturated rings. The average molecular weight is 137 g/mol. The minimum Gasteiger partial charge on any atom is -0.599 e. The lowest BCUT2D eigenvalue weighted by molar-refractivity contribution is -1.07. The van der Waals surface area contributed by atoms with Gasteiger partial charge in [-0.3, -0.25) is 0 Å². The number of hydrogen-bond donors (Lipinski definition) is 1. The highest BCUT2D eigenvalue weighted by Crippen LogP contribution is 2.04. The lowest BCUT2D eigenvalue weighted by Gasteiger charge is -2.30. The summed E-state index contributed by atoms with van der Waals surface area (Å²) >= 11 is 0. The van der Waals surface area contributed by atoms with E-state index in [0.29, 0.717) is 0 Å². The van der Waals surface area contributed by atoms with Crippen molar-refractivity contribution in [3.8, 4) is 0 Å². The molecular formula is C4H12NO2P. The molecule has 0 radical (unpaired) electrons. The average Bonchev–Trinajstić information content (AvgIpc) is 1.62. The summed E-state index contributed by atoms with van der Waals surface area (Å²) in [5.41, 5.74) is 0. The van der Waals surface area contributed by atoms with Gasteiger partial charge in [0.05, 0.1) is 7.11 Å². The topological polar surface area (TPSA) is 36.7 Å². The highest BCUT2D eigenvalue weighted by Gasteiger charge is 2.17. The summed E-state index contributed by atoms with van der Waals surface area (Å²) in [6, 6.07) is 0. The Hall–Kier alpha value is 0.310. The molecule has 0 rings (SSSR count). The van der Waals surface area contributed by atoms with Crippen LogP contribution in [0.1, 0.15) is 13.8 Å². The molecule has 2 unspecified atom stereocenters. The van der Waals surface area contributed by atoms with Gasteiger partial charge in [-0.1, -0.05) is 9.24 Å². The molecule has 0 heterocycles. The van der Waals surface area contributed by atoms with E-state index in [-0.39, 0.29) is 5.23 Å². The van der Waals surface area contributed by atoms with Gasteiger partial charge in [-0.2, -0.15) is 0 Å². The fraction of sp³-hybridized carbons (Fsp3) is 1.00. The van der Waals surface area contributed by atoms with E-state index < -0.39 is 5.28 Å². The molecule has 3 nitrogen and oxygen atoms in total. The van der Waals surface area contributed by atoms with Gasteiger partial charge in [0.25, 0.3) is 0 Å². The quantitative estimate of drug-likeness (QED) is 0.413. The van der Waals surface area contributed by atoms with E-state index in [4.69, 9.17) is 0 Å². The van der Waals surface area contributed by atoms with E-state index in [9.17, 15) is 5.21 Å². The van der Waals surface area contributed by atoms with Gasteiger partial charge < -0.3 is 5.21 Å². The molecule has 0 bridgehead atoms. The fourth-order valence-electron chi connectivity index (χ4n) is 0.263. The van der Waals surface area contributed by atoms with Gasteiger partial charge in [-0.05, 0) is 13.8 Å². The number of quaternary nitrogens is 1. The first-order valence-electron chi connectivity index (χ1n) is 2.36. The molecule has 0 aliphatic carbocycles. The molecule has 1 N–H and O–H groups in total. The lowest BCUT2D eigenvalue weighted by Crippen LogP contribution is -3.12. The highest BCUT2D eigenvalue weighted by molar-refractivity contribution is 7.18. The van der Waals surface area contributed by atoms with Crippen LogP contribution in [-0.4, -0.2) is 12.4 Å². The van der Waals surface area contributed by atoms with Gasteiger partial charge in [0.1, 0.15) is 5.28 Å². The van der Waals surface area contributed by atoms with Crippen molar-refractivity contribution in [1.82, 2.24) is 0 Å². The Morgan fingerprint density at radius 2 is 2.00 bits per heavy atom. The first kappa shape index (κ1) is 8.31. The smallest absolute Gasteiger partial charge is 0.133 e. The minimum absolute atomic E-state index is 0.206. The zero-order valence-electron chi connectivity index (χ0n) is 5.39. The van der Waals surface area contributed by atoms with Crippen LogP contribution >= 0.6 is 9.24 Å². The second-order valence-corrected chi connectivity index (χ2v) is 3.66. The summed E-state index contributed by atoms with van der Waals surface area (Å²) in [6.45, 7) is 3.56. The van der Waals surface area contributed by atoms with Crippen LogP contribution in [0.5, 0.6) is 0 Å². The molecule has 0 aromatic rings. The Morgan fingerprint density at radius 1 is 1.62 bits per heavy atom. The van der Waals surface area contributed by atoms with Crippen LogP contribution in [0.15, 0.2) is 0 Å². The monoisotopic (exact) mass is 137 g/mol. The molecule has 0 amide bonds. The summed E-state index contributed by atoms with van der Waals surface area (Å²) in [4.78, 5) is 4.45. The molecular weight excluding hydrogens is 125 g/mol. The first-order valence-corrected chi connectivity index (χ1v) is 2.93. The molecule has 8 heavy (non-hydrogen) atoms. The summed E-state index contributed by atoms with van der Waals surface area (Å²) in [7, 11) is 3.78. The van der Waals surface area contributed by atoms with Crippen molar-refractivity contribution in [2.45, 2.75) is 19.1 Å². The zero-order chi connectivity index (χ0) is 6.78. The predicted octanol–water partition coefficient (Wildman–Crippen LogP) is -0.458. The molecule has 0 aliphatic rings. The van der Waals surface area contributed by atoms with Crippen LogP contribution in [0.25, 0.3) is 0 Å². The zero-order valence-corrected chi connectivity index (χ0v) is 6.55. The Morgan fingerprint density at radius 3 is 2.00 bits per heavy atom. The van der Waals surface area contributed by atoms with Gasteiger partial charge >= 0.3 is 0 Å². The summed E-state index contributed by atoms with van der Waals surface area (Å²) < 4.78 is 0. The number of hydrogen-bond acceptors (Lipinski definition) is 2. The molecule has 0 saturated carbocycles. The maximum absolute atomic E-state index is 10.6. The van der Waals surface area contributed by atoms with E-state index in [1.807, 2.05) is 0 Å². The van der Waals surface area contributed by atoms with Crippen molar-refractivity contribution in [1.29, 1.82) is 0 Å².